The first-order valence-electron chi connectivity index (χ1n) is 3.96. The van der Waals surface area contributed by atoms with E-state index in [1.807, 2.05) is 0 Å². The molecule has 0 bridgehead atoms. The van der Waals surface area contributed by atoms with Gasteiger partial charge in [-0.1, -0.05) is 11.6 Å². The van der Waals surface area contributed by atoms with Gasteiger partial charge in [-0.2, -0.15) is 0 Å². The molecule has 1 aromatic carbocycles. The van der Waals surface area contributed by atoms with Crippen LogP contribution in [-0.4, -0.2) is 23.9 Å². The first-order chi connectivity index (χ1) is 6.61. The molecule has 3 nitrogen and oxygen atoms in total. The van der Waals surface area contributed by atoms with Crippen LogP contribution in [0.5, 0.6) is 11.5 Å². The van der Waals surface area contributed by atoms with Crippen LogP contribution in [0.4, 0.5) is 4.39 Å². The van der Waals surface area contributed by atoms with Gasteiger partial charge in [0.05, 0.1) is 12.1 Å². The molecule has 0 amide bonds. The van der Waals surface area contributed by atoms with Crippen LogP contribution in [0.3, 0.4) is 0 Å². The van der Waals surface area contributed by atoms with Crippen molar-refractivity contribution in [2.45, 2.75) is 6.42 Å². The highest BCUT2D eigenvalue weighted by Crippen LogP contribution is 2.37. The minimum Gasteiger partial charge on any atom is -0.504 e. The Morgan fingerprint density at radius 3 is 2.71 bits per heavy atom. The van der Waals surface area contributed by atoms with Crippen molar-refractivity contribution in [2.24, 2.45) is 0 Å². The molecule has 1 aromatic rings. The van der Waals surface area contributed by atoms with Crippen LogP contribution in [-0.2, 0) is 6.42 Å². The molecule has 0 fully saturated rings. The highest BCUT2D eigenvalue weighted by atomic mass is 35.5. The number of phenols is 1. The van der Waals surface area contributed by atoms with Crippen LogP contribution in [0.2, 0.25) is 5.02 Å². The first kappa shape index (κ1) is 11.1. The van der Waals surface area contributed by atoms with E-state index < -0.39 is 5.82 Å². The molecule has 2 N–H and O–H groups in total. The molecule has 0 aromatic heterocycles. The number of benzene rings is 1. The summed E-state index contributed by atoms with van der Waals surface area (Å²) in [6.07, 6.45) is 0.0821. The van der Waals surface area contributed by atoms with Crippen LogP contribution in [0.15, 0.2) is 6.07 Å². The second-order valence-electron chi connectivity index (χ2n) is 2.68. The second kappa shape index (κ2) is 4.48. The number of ether oxygens (including phenoxy) is 1. The molecular weight excluding hydrogens is 211 g/mol. The summed E-state index contributed by atoms with van der Waals surface area (Å²) in [6.45, 7) is -0.222. The predicted molar refractivity (Wildman–Crippen MR) is 50.4 cm³/mol. The third-order valence-corrected chi connectivity index (χ3v) is 2.24. The lowest BCUT2D eigenvalue weighted by Crippen LogP contribution is -1.97. The minimum atomic E-state index is -0.676. The summed E-state index contributed by atoms with van der Waals surface area (Å²) < 4.78 is 17.9. The molecule has 0 saturated heterocycles. The quantitative estimate of drug-likeness (QED) is 0.816. The summed E-state index contributed by atoms with van der Waals surface area (Å²) in [5.74, 6) is -0.895. The molecule has 0 aliphatic carbocycles. The molecule has 0 spiro atoms. The van der Waals surface area contributed by atoms with Gasteiger partial charge in [-0.15, -0.1) is 0 Å². The fourth-order valence-corrected chi connectivity index (χ4v) is 1.38. The van der Waals surface area contributed by atoms with Gasteiger partial charge in [-0.25, -0.2) is 4.39 Å². The van der Waals surface area contributed by atoms with Gasteiger partial charge in [0.2, 0.25) is 0 Å². The van der Waals surface area contributed by atoms with Gasteiger partial charge in [-0.05, 0) is 0 Å². The molecule has 0 saturated carbocycles. The van der Waals surface area contributed by atoms with Crippen molar-refractivity contribution in [1.82, 2.24) is 0 Å². The molecule has 1 rings (SSSR count). The third-order valence-electron chi connectivity index (χ3n) is 1.83. The van der Waals surface area contributed by atoms with Crippen molar-refractivity contribution in [3.8, 4) is 11.5 Å². The average molecular weight is 221 g/mol. The average Bonchev–Trinajstić information content (AvgIpc) is 2.18. The van der Waals surface area contributed by atoms with Crippen molar-refractivity contribution < 1.29 is 19.3 Å². The molecule has 0 unspecified atom stereocenters. The van der Waals surface area contributed by atoms with Gasteiger partial charge in [0, 0.05) is 24.7 Å². The molecule has 0 heterocycles. The standard InChI is InChI=1S/C9H10ClFO3/c1-14-7-4-6(11)8(10)5(2-3-12)9(7)13/h4,12-13H,2-3H2,1H3. The number of hydrogen-bond donors (Lipinski definition) is 2. The van der Waals surface area contributed by atoms with Crippen LogP contribution in [0, 0.1) is 5.82 Å². The third kappa shape index (κ3) is 1.91. The summed E-state index contributed by atoms with van der Waals surface area (Å²) in [6, 6.07) is 0.999. The van der Waals surface area contributed by atoms with E-state index in [1.54, 1.807) is 0 Å². The van der Waals surface area contributed by atoms with E-state index in [0.29, 0.717) is 0 Å². The monoisotopic (exact) mass is 220 g/mol. The molecule has 0 atom stereocenters. The Balaban J connectivity index is 3.29. The summed E-state index contributed by atoms with van der Waals surface area (Å²) in [4.78, 5) is 0. The van der Waals surface area contributed by atoms with E-state index in [2.05, 4.69) is 0 Å². The van der Waals surface area contributed by atoms with Gasteiger partial charge < -0.3 is 14.9 Å². The van der Waals surface area contributed by atoms with Crippen LogP contribution < -0.4 is 4.74 Å². The lowest BCUT2D eigenvalue weighted by atomic mass is 10.1. The lowest BCUT2D eigenvalue weighted by Gasteiger charge is -2.10. The summed E-state index contributed by atoms with van der Waals surface area (Å²) in [5.41, 5.74) is 0.158. The van der Waals surface area contributed by atoms with Crippen LogP contribution in [0.25, 0.3) is 0 Å². The normalized spacial score (nSPS) is 10.3. The Morgan fingerprint density at radius 1 is 1.57 bits per heavy atom. The van der Waals surface area contributed by atoms with E-state index >= 15 is 0 Å². The molecule has 5 heteroatoms. The zero-order valence-electron chi connectivity index (χ0n) is 7.55. The molecule has 14 heavy (non-hydrogen) atoms. The van der Waals surface area contributed by atoms with Gasteiger partial charge in [0.25, 0.3) is 0 Å². The van der Waals surface area contributed by atoms with Crippen LogP contribution >= 0.6 is 11.6 Å². The Hall–Kier alpha value is -1.00. The van der Waals surface area contributed by atoms with Crippen molar-refractivity contribution in [2.75, 3.05) is 13.7 Å². The van der Waals surface area contributed by atoms with Gasteiger partial charge >= 0.3 is 0 Å². The summed E-state index contributed by atoms with van der Waals surface area (Å²) in [7, 11) is 1.31. The number of halogens is 2. The fraction of sp³-hybridized carbons (Fsp3) is 0.333. The van der Waals surface area contributed by atoms with Crippen LogP contribution in [0.1, 0.15) is 5.56 Å². The highest BCUT2D eigenvalue weighted by molar-refractivity contribution is 6.31. The largest absolute Gasteiger partial charge is 0.504 e. The first-order valence-corrected chi connectivity index (χ1v) is 4.34. The van der Waals surface area contributed by atoms with E-state index in [1.165, 1.54) is 7.11 Å². The number of methoxy groups -OCH3 is 1. The highest BCUT2D eigenvalue weighted by Gasteiger charge is 2.16. The predicted octanol–water partition coefficient (Wildman–Crippen LogP) is 1.73. The maximum Gasteiger partial charge on any atom is 0.163 e. The van der Waals surface area contributed by atoms with Gasteiger partial charge in [0.1, 0.15) is 5.82 Å². The van der Waals surface area contributed by atoms with Crippen molar-refractivity contribution >= 4 is 11.6 Å². The Labute approximate surface area is 85.7 Å². The van der Waals surface area contributed by atoms with E-state index in [-0.39, 0.29) is 35.1 Å². The topological polar surface area (TPSA) is 49.7 Å². The number of aliphatic hydroxyl groups excluding tert-OH is 1. The van der Waals surface area contributed by atoms with E-state index in [4.69, 9.17) is 21.4 Å². The Kier molecular flexibility index (Phi) is 3.55. The Bertz CT molecular complexity index is 341. The van der Waals surface area contributed by atoms with E-state index in [0.717, 1.165) is 6.07 Å². The number of aromatic hydroxyl groups is 1. The number of aliphatic hydroxyl groups is 1. The van der Waals surface area contributed by atoms with Gasteiger partial charge in [-0.3, -0.25) is 0 Å². The minimum absolute atomic E-state index is 0.00958. The van der Waals surface area contributed by atoms with E-state index in [9.17, 15) is 9.50 Å². The zero-order chi connectivity index (χ0) is 10.7. The van der Waals surface area contributed by atoms with Gasteiger partial charge in [0.15, 0.2) is 11.5 Å². The van der Waals surface area contributed by atoms with Crippen molar-refractivity contribution in [3.63, 3.8) is 0 Å². The summed E-state index contributed by atoms with van der Waals surface area (Å²) in [5, 5.41) is 18.0. The molecule has 0 radical (unpaired) electrons. The second-order valence-corrected chi connectivity index (χ2v) is 3.05. The maximum atomic E-state index is 13.1. The summed E-state index contributed by atoms with van der Waals surface area (Å²) >= 11 is 5.60. The molecule has 0 aliphatic heterocycles. The maximum absolute atomic E-state index is 13.1. The lowest BCUT2D eigenvalue weighted by molar-refractivity contribution is 0.295. The zero-order valence-corrected chi connectivity index (χ0v) is 8.31. The SMILES string of the molecule is COc1cc(F)c(Cl)c(CCO)c1O. The number of rotatable bonds is 3. The fourth-order valence-electron chi connectivity index (χ4n) is 1.14. The number of phenolic OH excluding ortho intramolecular Hbond substituents is 1. The Morgan fingerprint density at radius 2 is 2.21 bits per heavy atom. The van der Waals surface area contributed by atoms with Crippen molar-refractivity contribution in [1.29, 1.82) is 0 Å². The molecule has 0 aliphatic rings. The smallest absolute Gasteiger partial charge is 0.163 e. The number of hydrogen-bond acceptors (Lipinski definition) is 3. The molecular formula is C9H10ClFO3. The van der Waals surface area contributed by atoms with Crippen molar-refractivity contribution in [3.05, 3.63) is 22.5 Å². The molecule has 78 valence electrons.